The van der Waals surface area contributed by atoms with E-state index >= 15 is 4.39 Å². The number of amides is 1. The van der Waals surface area contributed by atoms with Crippen molar-refractivity contribution in [2.75, 3.05) is 24.7 Å². The number of carbonyl (C=O) groups excluding carboxylic acids is 2. The first-order valence-corrected chi connectivity index (χ1v) is 13.4. The van der Waals surface area contributed by atoms with E-state index in [1.807, 2.05) is 36.4 Å². The number of para-hydroxylation sites is 1. The summed E-state index contributed by atoms with van der Waals surface area (Å²) in [5.74, 6) is -0.379. The van der Waals surface area contributed by atoms with Gasteiger partial charge >= 0.3 is 0 Å². The molecule has 2 N–H and O–H groups in total. The lowest BCUT2D eigenvalue weighted by Gasteiger charge is -2.46. The highest BCUT2D eigenvalue weighted by atomic mass is 19.1. The van der Waals surface area contributed by atoms with Gasteiger partial charge in [0.1, 0.15) is 5.54 Å². The smallest absolute Gasteiger partial charge is 0.247 e. The maximum Gasteiger partial charge on any atom is 0.247 e. The Balaban J connectivity index is 1.30. The van der Waals surface area contributed by atoms with Crippen LogP contribution in [0.4, 0.5) is 10.1 Å². The summed E-state index contributed by atoms with van der Waals surface area (Å²) in [4.78, 5) is 30.3. The first-order chi connectivity index (χ1) is 17.6. The van der Waals surface area contributed by atoms with Crippen molar-refractivity contribution in [2.24, 2.45) is 0 Å². The molecule has 2 unspecified atom stereocenters. The number of nitrogens with zero attached hydrogens (tertiary/aromatic N) is 2. The fourth-order valence-electron chi connectivity index (χ4n) is 6.19. The molecule has 2 heterocycles. The van der Waals surface area contributed by atoms with Gasteiger partial charge in [0.15, 0.2) is 12.0 Å². The zero-order valence-corrected chi connectivity index (χ0v) is 20.9. The maximum absolute atomic E-state index is 15.4. The Kier molecular flexibility index (Phi) is 7.67. The third kappa shape index (κ3) is 5.18. The number of carbonyl (C=O) groups is 2. The van der Waals surface area contributed by atoms with Gasteiger partial charge in [0.05, 0.1) is 12.8 Å². The van der Waals surface area contributed by atoms with Crippen LogP contribution in [0.25, 0.3) is 0 Å². The molecule has 2 atom stereocenters. The van der Waals surface area contributed by atoms with Gasteiger partial charge in [-0.25, -0.2) is 4.39 Å². The van der Waals surface area contributed by atoms with E-state index < -0.39 is 17.5 Å². The van der Waals surface area contributed by atoms with Crippen molar-refractivity contribution >= 4 is 17.4 Å². The number of nitrogens with one attached hydrogen (secondary N) is 2. The molecule has 1 aliphatic carbocycles. The quantitative estimate of drug-likeness (QED) is 0.539. The average molecular weight is 493 g/mol. The van der Waals surface area contributed by atoms with Gasteiger partial charge in [-0.1, -0.05) is 67.8 Å². The second-order valence-corrected chi connectivity index (χ2v) is 10.4. The Labute approximate surface area is 213 Å². The third-order valence-corrected chi connectivity index (χ3v) is 8.28. The Hall–Kier alpha value is -2.77. The van der Waals surface area contributed by atoms with Gasteiger partial charge in [-0.3, -0.25) is 19.8 Å². The molecule has 2 aromatic rings. The van der Waals surface area contributed by atoms with Crippen molar-refractivity contribution in [3.63, 3.8) is 0 Å². The highest BCUT2D eigenvalue weighted by Crippen LogP contribution is 2.37. The van der Waals surface area contributed by atoms with E-state index in [1.165, 1.54) is 19.3 Å². The Morgan fingerprint density at radius 3 is 2.31 bits per heavy atom. The molecule has 0 bridgehead atoms. The summed E-state index contributed by atoms with van der Waals surface area (Å²) in [5, 5.41) is 6.77. The largest absolute Gasteiger partial charge is 0.339 e. The topological polar surface area (TPSA) is 64.7 Å². The van der Waals surface area contributed by atoms with Crippen LogP contribution in [0.2, 0.25) is 0 Å². The lowest BCUT2D eigenvalue weighted by atomic mass is 9.85. The van der Waals surface area contributed by atoms with Crippen LogP contribution >= 0.6 is 0 Å². The molecule has 0 radical (unpaired) electrons. The summed E-state index contributed by atoms with van der Waals surface area (Å²) in [7, 11) is 0. The highest BCUT2D eigenvalue weighted by molar-refractivity contribution is 5.99. The van der Waals surface area contributed by atoms with Crippen molar-refractivity contribution < 1.29 is 14.0 Å². The summed E-state index contributed by atoms with van der Waals surface area (Å²) < 4.78 is 15.4. The number of benzene rings is 2. The standard InChI is InChI=1S/C29H37FN4O2/c30-25(27(35)22-10-4-1-5-11-22)20-26(32-23-12-6-2-7-13-23)33-18-16-29(17-19-33)28(36)31-21-34(29)24-14-8-3-9-15-24/h1,3-5,8-11,14-15,23,25-26,32H,2,6-7,12-13,16-21H2,(H,31,36). The van der Waals surface area contributed by atoms with Crippen molar-refractivity contribution in [1.82, 2.24) is 15.5 Å². The third-order valence-electron chi connectivity index (χ3n) is 8.28. The van der Waals surface area contributed by atoms with Crippen molar-refractivity contribution in [3.05, 3.63) is 66.2 Å². The number of rotatable bonds is 8. The van der Waals surface area contributed by atoms with E-state index in [1.54, 1.807) is 24.3 Å². The average Bonchev–Trinajstić information content (AvgIpc) is 3.24. The van der Waals surface area contributed by atoms with Gasteiger partial charge in [-0.15, -0.1) is 0 Å². The second kappa shape index (κ2) is 11.1. The van der Waals surface area contributed by atoms with E-state index in [0.717, 1.165) is 18.5 Å². The lowest BCUT2D eigenvalue weighted by molar-refractivity contribution is -0.125. The summed E-state index contributed by atoms with van der Waals surface area (Å²) in [6.45, 7) is 1.85. The molecule has 5 rings (SSSR count). The molecule has 1 saturated carbocycles. The Morgan fingerprint density at radius 2 is 1.64 bits per heavy atom. The summed E-state index contributed by atoms with van der Waals surface area (Å²) in [6, 6.07) is 19.1. The van der Waals surface area contributed by atoms with E-state index in [4.69, 9.17) is 0 Å². The number of ketones is 1. The number of alkyl halides is 1. The van der Waals surface area contributed by atoms with Crippen LogP contribution in [0.3, 0.4) is 0 Å². The Morgan fingerprint density at radius 1 is 1.00 bits per heavy atom. The Bertz CT molecular complexity index is 1020. The van der Waals surface area contributed by atoms with Gasteiger partial charge in [0, 0.05) is 36.8 Å². The van der Waals surface area contributed by atoms with E-state index in [2.05, 4.69) is 20.4 Å². The highest BCUT2D eigenvalue weighted by Gasteiger charge is 2.51. The molecule has 192 valence electrons. The van der Waals surface area contributed by atoms with Crippen LogP contribution in [0.5, 0.6) is 0 Å². The predicted molar refractivity (Wildman–Crippen MR) is 140 cm³/mol. The molecule has 0 aromatic heterocycles. The molecule has 1 spiro atoms. The lowest BCUT2D eigenvalue weighted by Crippen LogP contribution is -2.61. The van der Waals surface area contributed by atoms with Crippen molar-refractivity contribution in [2.45, 2.75) is 75.3 Å². The number of piperidine rings is 1. The minimum atomic E-state index is -1.57. The predicted octanol–water partition coefficient (Wildman–Crippen LogP) is 4.27. The first kappa shape index (κ1) is 24.9. The number of halogens is 1. The van der Waals surface area contributed by atoms with Crippen LogP contribution in [0, 0.1) is 0 Å². The van der Waals surface area contributed by atoms with Crippen LogP contribution in [-0.2, 0) is 4.79 Å². The number of Topliss-reactive ketones (excluding diaryl/α,β-unsaturated/α-hetero) is 1. The van der Waals surface area contributed by atoms with Crippen LogP contribution in [0.15, 0.2) is 60.7 Å². The van der Waals surface area contributed by atoms with Crippen LogP contribution in [0.1, 0.15) is 61.7 Å². The fraction of sp³-hybridized carbons (Fsp3) is 0.517. The number of hydrogen-bond acceptors (Lipinski definition) is 5. The van der Waals surface area contributed by atoms with E-state index in [0.29, 0.717) is 44.2 Å². The first-order valence-electron chi connectivity index (χ1n) is 13.4. The number of likely N-dealkylation sites (tertiary alicyclic amines) is 1. The SMILES string of the molecule is O=C(c1ccccc1)C(F)CC(NC1CCCCC1)N1CCC2(CC1)C(=O)NCN2c1ccccc1. The zero-order valence-electron chi connectivity index (χ0n) is 20.9. The molecule has 36 heavy (non-hydrogen) atoms. The fourth-order valence-corrected chi connectivity index (χ4v) is 6.19. The van der Waals surface area contributed by atoms with Gasteiger partial charge < -0.3 is 10.2 Å². The molecule has 2 aromatic carbocycles. The van der Waals surface area contributed by atoms with Gasteiger partial charge in [0.25, 0.3) is 0 Å². The zero-order chi connectivity index (χ0) is 25.0. The van der Waals surface area contributed by atoms with Crippen molar-refractivity contribution in [1.29, 1.82) is 0 Å². The normalized spacial score (nSPS) is 22.4. The molecule has 6 nitrogen and oxygen atoms in total. The maximum atomic E-state index is 15.4. The molecule has 7 heteroatoms. The molecule has 2 saturated heterocycles. The molecule has 1 amide bonds. The minimum Gasteiger partial charge on any atom is -0.339 e. The molecule has 2 aliphatic heterocycles. The van der Waals surface area contributed by atoms with Crippen LogP contribution < -0.4 is 15.5 Å². The monoisotopic (exact) mass is 492 g/mol. The van der Waals surface area contributed by atoms with Crippen molar-refractivity contribution in [3.8, 4) is 0 Å². The summed E-state index contributed by atoms with van der Waals surface area (Å²) >= 11 is 0. The number of hydrogen-bond donors (Lipinski definition) is 2. The summed E-state index contributed by atoms with van der Waals surface area (Å²) in [6.07, 6.45) is 5.43. The molecular formula is C29H37FN4O2. The van der Waals surface area contributed by atoms with Gasteiger partial charge in [-0.05, 0) is 37.8 Å². The van der Waals surface area contributed by atoms with Gasteiger partial charge in [-0.2, -0.15) is 0 Å². The minimum absolute atomic E-state index is 0.0745. The second-order valence-electron chi connectivity index (χ2n) is 10.4. The van der Waals surface area contributed by atoms with E-state index in [9.17, 15) is 9.59 Å². The molecule has 3 fully saturated rings. The number of anilines is 1. The molecule has 3 aliphatic rings. The van der Waals surface area contributed by atoms with Crippen LogP contribution in [-0.4, -0.2) is 60.3 Å². The summed E-state index contributed by atoms with van der Waals surface area (Å²) in [5.41, 5.74) is 0.876. The van der Waals surface area contributed by atoms with E-state index in [-0.39, 0.29) is 18.5 Å². The molecular weight excluding hydrogens is 455 g/mol. The van der Waals surface area contributed by atoms with Gasteiger partial charge in [0.2, 0.25) is 5.91 Å².